The average molecular weight is 660 g/mol. The van der Waals surface area contributed by atoms with Crippen molar-refractivity contribution < 1.29 is 38.7 Å². The molecule has 14 atom stereocenters. The molecule has 5 aliphatic carbocycles. The molecule has 5 saturated carbocycles. The summed E-state index contributed by atoms with van der Waals surface area (Å²) in [5.74, 6) is 1.06. The first-order valence-corrected chi connectivity index (χ1v) is 18.6. The summed E-state index contributed by atoms with van der Waals surface area (Å²) >= 11 is 0. The van der Waals surface area contributed by atoms with Crippen LogP contribution < -0.4 is 0 Å². The number of amides is 1. The van der Waals surface area contributed by atoms with Crippen LogP contribution in [0.2, 0.25) is 0 Å². The van der Waals surface area contributed by atoms with Gasteiger partial charge in [0.05, 0.1) is 43.2 Å². The van der Waals surface area contributed by atoms with Gasteiger partial charge < -0.3 is 34.1 Å². The predicted molar refractivity (Wildman–Crippen MR) is 175 cm³/mol. The fourth-order valence-corrected chi connectivity index (χ4v) is 13.8. The minimum Gasteiger partial charge on any atom is -0.457 e. The maximum Gasteiger partial charge on any atom is 0.303 e. The Labute approximate surface area is 281 Å². The van der Waals surface area contributed by atoms with Crippen LogP contribution in [0.3, 0.4) is 0 Å². The molecule has 2 saturated heterocycles. The van der Waals surface area contributed by atoms with E-state index in [4.69, 9.17) is 18.9 Å². The highest BCUT2D eigenvalue weighted by Crippen LogP contribution is 2.89. The van der Waals surface area contributed by atoms with Gasteiger partial charge in [-0.15, -0.1) is 0 Å². The largest absolute Gasteiger partial charge is 0.457 e. The number of morpholine rings is 1. The smallest absolute Gasteiger partial charge is 0.303 e. The van der Waals surface area contributed by atoms with Crippen molar-refractivity contribution in [1.82, 2.24) is 4.90 Å². The molecular formula is C38H61NO8. The van der Waals surface area contributed by atoms with Crippen molar-refractivity contribution in [3.8, 4) is 0 Å². The van der Waals surface area contributed by atoms with Gasteiger partial charge in [-0.1, -0.05) is 34.6 Å². The van der Waals surface area contributed by atoms with Crippen molar-refractivity contribution in [3.63, 3.8) is 0 Å². The number of carbonyl (C=O) groups is 2. The minimum atomic E-state index is -1.26. The summed E-state index contributed by atoms with van der Waals surface area (Å²) in [7, 11) is 0. The quantitative estimate of drug-likeness (QED) is 0.393. The zero-order valence-electron chi connectivity index (χ0n) is 30.3. The monoisotopic (exact) mass is 659 g/mol. The van der Waals surface area contributed by atoms with Crippen molar-refractivity contribution in [1.29, 1.82) is 0 Å². The summed E-state index contributed by atoms with van der Waals surface area (Å²) in [5.41, 5.74) is -1.16. The van der Waals surface area contributed by atoms with E-state index in [0.29, 0.717) is 38.0 Å². The molecule has 0 radical (unpaired) electrons. The van der Waals surface area contributed by atoms with Crippen LogP contribution >= 0.6 is 0 Å². The maximum absolute atomic E-state index is 12.5. The Bertz CT molecular complexity index is 1280. The lowest BCUT2D eigenvalue weighted by atomic mass is 9.41. The number of hydrogen-bond acceptors (Lipinski definition) is 8. The van der Waals surface area contributed by atoms with Crippen LogP contribution in [-0.2, 0) is 28.5 Å². The number of carbonyl (C=O) groups excluding carboxylic acids is 2. The lowest BCUT2D eigenvalue weighted by molar-refractivity contribution is -0.247. The average Bonchev–Trinajstić information content (AvgIpc) is 3.61. The van der Waals surface area contributed by atoms with E-state index in [2.05, 4.69) is 34.6 Å². The van der Waals surface area contributed by atoms with Crippen molar-refractivity contribution >= 4 is 11.9 Å². The Balaban J connectivity index is 1.13. The summed E-state index contributed by atoms with van der Waals surface area (Å²) in [4.78, 5) is 26.0. The fraction of sp³-hybridized carbons (Fsp3) is 0.947. The van der Waals surface area contributed by atoms with Crippen LogP contribution in [0.15, 0.2) is 0 Å². The molecule has 9 nitrogen and oxygen atoms in total. The van der Waals surface area contributed by atoms with Crippen molar-refractivity contribution in [2.24, 2.45) is 50.7 Å². The second-order valence-corrected chi connectivity index (χ2v) is 18.6. The molecule has 0 bridgehead atoms. The number of rotatable bonds is 5. The summed E-state index contributed by atoms with van der Waals surface area (Å²) in [5, 5.41) is 23.6. The van der Waals surface area contributed by atoms with Gasteiger partial charge in [0.15, 0.2) is 12.4 Å². The van der Waals surface area contributed by atoms with Crippen LogP contribution in [0.4, 0.5) is 0 Å². The lowest BCUT2D eigenvalue weighted by Crippen LogP contribution is -2.60. The highest BCUT2D eigenvalue weighted by atomic mass is 16.7. The number of fused-ring (bicyclic) bond motifs is 4. The first-order chi connectivity index (χ1) is 21.8. The molecule has 2 spiro atoms. The summed E-state index contributed by atoms with van der Waals surface area (Å²) in [6.07, 6.45) is 6.05. The van der Waals surface area contributed by atoms with Crippen LogP contribution in [-0.4, -0.2) is 89.1 Å². The van der Waals surface area contributed by atoms with Crippen molar-refractivity contribution in [3.05, 3.63) is 0 Å². The van der Waals surface area contributed by atoms with E-state index in [9.17, 15) is 19.8 Å². The predicted octanol–water partition coefficient (Wildman–Crippen LogP) is 5.09. The van der Waals surface area contributed by atoms with Crippen molar-refractivity contribution in [2.45, 2.75) is 156 Å². The highest BCUT2D eigenvalue weighted by molar-refractivity contribution is 5.73. The van der Waals surface area contributed by atoms with E-state index < -0.39 is 29.9 Å². The number of ether oxygens (including phenoxy) is 4. The molecule has 7 fully saturated rings. The van der Waals surface area contributed by atoms with E-state index in [1.54, 1.807) is 20.8 Å². The number of aliphatic hydroxyl groups is 2. The molecule has 266 valence electrons. The summed E-state index contributed by atoms with van der Waals surface area (Å²) < 4.78 is 25.3. The third-order valence-corrected chi connectivity index (χ3v) is 15.9. The molecule has 7 aliphatic rings. The Morgan fingerprint density at radius 1 is 1.00 bits per heavy atom. The Hall–Kier alpha value is -1.26. The van der Waals surface area contributed by atoms with E-state index in [1.807, 2.05) is 4.90 Å². The zero-order chi connectivity index (χ0) is 34.1. The molecule has 0 aromatic carbocycles. The van der Waals surface area contributed by atoms with Gasteiger partial charge in [0, 0.05) is 25.8 Å². The standard InChI is InChI=1S/C38H61NO8/c1-21-18-24(32(34(6,7)43)45-23(3)41)46-30-29(21)35(8)14-15-38-20-37(38)13-12-27(47-28-19-39(22(2)40)16-17-44-28)33(4,5)25(37)10-11-26(38)36(35,9)31(30)42/h21,24-32,42-43H,10-20H2,1-9H3/t21?,24-,25+,26+,27+,28+,29?,30+,31+,32+,35-,36-,37-,38+/m1/s1. The van der Waals surface area contributed by atoms with Crippen LogP contribution in [0.25, 0.3) is 0 Å². The van der Waals surface area contributed by atoms with Gasteiger partial charge in [-0.2, -0.15) is 0 Å². The SMILES string of the molecule is CC(=O)O[C@@H]([C@H]1CC(C)C2[C@H](O1)[C@H](O)[C@@]1(C)[C@@H]3CC[C@H]4C(C)(C)[C@@H](O[C@H]5CN(C(C)=O)CCO5)CC[C@@]45C[C@@]35CC[C@]21C)C(C)(C)O. The van der Waals surface area contributed by atoms with Gasteiger partial charge in [0.2, 0.25) is 5.91 Å². The molecule has 2 heterocycles. The molecule has 0 aromatic heterocycles. The molecule has 2 aliphatic heterocycles. The molecule has 0 aromatic rings. The molecule has 47 heavy (non-hydrogen) atoms. The fourth-order valence-electron chi connectivity index (χ4n) is 13.8. The molecule has 9 heteroatoms. The number of aliphatic hydroxyl groups excluding tert-OH is 1. The molecular weight excluding hydrogens is 598 g/mol. The molecule has 1 amide bonds. The van der Waals surface area contributed by atoms with E-state index in [1.165, 1.54) is 19.8 Å². The molecule has 2 unspecified atom stereocenters. The first kappa shape index (κ1) is 34.2. The summed E-state index contributed by atoms with van der Waals surface area (Å²) in [6.45, 7) is 19.9. The van der Waals surface area contributed by atoms with Crippen LogP contribution in [0, 0.1) is 50.7 Å². The number of esters is 1. The van der Waals surface area contributed by atoms with Gasteiger partial charge in [-0.3, -0.25) is 9.59 Å². The first-order valence-electron chi connectivity index (χ1n) is 18.6. The second kappa shape index (κ2) is 10.9. The van der Waals surface area contributed by atoms with Crippen LogP contribution in [0.5, 0.6) is 0 Å². The topological polar surface area (TPSA) is 115 Å². The third kappa shape index (κ3) is 4.64. The van der Waals surface area contributed by atoms with E-state index >= 15 is 0 Å². The Kier molecular flexibility index (Phi) is 7.91. The number of nitrogens with zero attached hydrogens (tertiary/aromatic N) is 1. The lowest BCUT2D eigenvalue weighted by Gasteiger charge is -2.64. The normalized spacial score (nSPS) is 50.6. The second-order valence-electron chi connectivity index (χ2n) is 18.6. The highest BCUT2D eigenvalue weighted by Gasteiger charge is 2.84. The van der Waals surface area contributed by atoms with Gasteiger partial charge in [-0.25, -0.2) is 0 Å². The maximum atomic E-state index is 12.5. The third-order valence-electron chi connectivity index (χ3n) is 15.9. The van der Waals surface area contributed by atoms with E-state index in [-0.39, 0.29) is 63.3 Å². The molecule has 7 rings (SSSR count). The van der Waals surface area contributed by atoms with Crippen molar-refractivity contribution in [2.75, 3.05) is 19.7 Å². The zero-order valence-corrected chi connectivity index (χ0v) is 30.3. The van der Waals surface area contributed by atoms with Gasteiger partial charge in [0.1, 0.15) is 0 Å². The molecule has 2 N–H and O–H groups in total. The van der Waals surface area contributed by atoms with Gasteiger partial charge in [-0.05, 0) is 111 Å². The summed E-state index contributed by atoms with van der Waals surface area (Å²) in [6, 6.07) is 0. The van der Waals surface area contributed by atoms with Gasteiger partial charge >= 0.3 is 5.97 Å². The van der Waals surface area contributed by atoms with Crippen LogP contribution in [0.1, 0.15) is 114 Å². The Morgan fingerprint density at radius 3 is 2.34 bits per heavy atom. The minimum absolute atomic E-state index is 0.0216. The Morgan fingerprint density at radius 2 is 1.68 bits per heavy atom. The number of hydrogen-bond donors (Lipinski definition) is 2. The van der Waals surface area contributed by atoms with Gasteiger partial charge in [0.25, 0.3) is 0 Å². The van der Waals surface area contributed by atoms with E-state index in [0.717, 1.165) is 32.1 Å².